The van der Waals surface area contributed by atoms with Crippen molar-refractivity contribution in [2.75, 3.05) is 20.3 Å². The molecule has 284 valence electrons. The van der Waals surface area contributed by atoms with Crippen molar-refractivity contribution in [3.63, 3.8) is 0 Å². The number of likely N-dealkylation sites (tertiary alicyclic amines) is 1. The van der Waals surface area contributed by atoms with Crippen LogP contribution in [-0.2, 0) is 28.7 Å². The molecule has 1 saturated carbocycles. The molecular weight excluding hydrogens is 674 g/mol. The Morgan fingerprint density at radius 1 is 1.02 bits per heavy atom. The summed E-state index contributed by atoms with van der Waals surface area (Å²) in [4.78, 5) is 58.3. The van der Waals surface area contributed by atoms with Crippen LogP contribution in [0.5, 0.6) is 11.5 Å². The van der Waals surface area contributed by atoms with E-state index in [2.05, 4.69) is 12.2 Å². The van der Waals surface area contributed by atoms with Gasteiger partial charge in [0.25, 0.3) is 0 Å². The van der Waals surface area contributed by atoms with E-state index in [1.165, 1.54) is 4.90 Å². The molecule has 53 heavy (non-hydrogen) atoms. The van der Waals surface area contributed by atoms with Crippen LogP contribution in [0, 0.1) is 17.8 Å². The van der Waals surface area contributed by atoms with Crippen molar-refractivity contribution in [2.45, 2.75) is 96.8 Å². The summed E-state index contributed by atoms with van der Waals surface area (Å²) in [5.41, 5.74) is 7.48. The van der Waals surface area contributed by atoms with Crippen molar-refractivity contribution in [3.05, 3.63) is 66.7 Å². The van der Waals surface area contributed by atoms with Gasteiger partial charge in [0.1, 0.15) is 29.2 Å². The second-order valence-corrected chi connectivity index (χ2v) is 15.0. The summed E-state index contributed by atoms with van der Waals surface area (Å²) in [5.74, 6) is -0.749. The molecule has 2 aliphatic rings. The Morgan fingerprint density at radius 3 is 2.49 bits per heavy atom. The lowest BCUT2D eigenvalue weighted by atomic mass is 9.95. The third kappa shape index (κ3) is 10.8. The minimum Gasteiger partial charge on any atom is -0.497 e. The van der Waals surface area contributed by atoms with E-state index in [1.54, 1.807) is 27.9 Å². The quantitative estimate of drug-likeness (QED) is 0.0901. The lowest BCUT2D eigenvalue weighted by Crippen LogP contribution is -2.46. The number of ether oxygens (including phenoxy) is 4. The van der Waals surface area contributed by atoms with E-state index < -0.39 is 35.5 Å². The maximum Gasteiger partial charge on any atom is 0.309 e. The van der Waals surface area contributed by atoms with E-state index in [1.807, 2.05) is 61.5 Å². The Morgan fingerprint density at radius 2 is 1.79 bits per heavy atom. The highest BCUT2D eigenvalue weighted by Crippen LogP contribution is 2.41. The Labute approximate surface area is 312 Å². The Balaban J connectivity index is 1.27. The molecule has 5 unspecified atom stereocenters. The van der Waals surface area contributed by atoms with E-state index >= 15 is 0 Å². The molecular formula is C42H53N3O8. The minimum atomic E-state index is -0.888. The molecule has 2 fully saturated rings. The van der Waals surface area contributed by atoms with Crippen LogP contribution in [0.2, 0.25) is 0 Å². The number of allylic oxidation sites excluding steroid dienone is 2. The number of carbonyl (C=O) groups is 4. The molecule has 2 amide bonds. The van der Waals surface area contributed by atoms with Crippen LogP contribution < -0.4 is 15.2 Å². The van der Waals surface area contributed by atoms with Crippen LogP contribution >= 0.6 is 0 Å². The van der Waals surface area contributed by atoms with Gasteiger partial charge in [-0.1, -0.05) is 55.3 Å². The number of methoxy groups -OCH3 is 1. The predicted octanol–water partition coefficient (Wildman–Crippen LogP) is 6.80. The van der Waals surface area contributed by atoms with Crippen molar-refractivity contribution in [1.82, 2.24) is 9.88 Å². The van der Waals surface area contributed by atoms with Gasteiger partial charge in [0.15, 0.2) is 0 Å². The number of hydrogen-bond acceptors (Lipinski definition) is 9. The number of nitrogens with zero attached hydrogens (tertiary/aromatic N) is 2. The van der Waals surface area contributed by atoms with Gasteiger partial charge in [-0.2, -0.15) is 0 Å². The SMILES string of the molecule is CCOC(=O)C1CC1C=CCCCCCC(CC(=O)OC(C)(C)C)C(=O)N1CC(Oc2cc(-c3ccccc3)nc3cc(OC)ccc23)CC1C(N)=O. The first kappa shape index (κ1) is 39.3. The zero-order chi connectivity index (χ0) is 38.1. The molecule has 5 atom stereocenters. The van der Waals surface area contributed by atoms with Crippen LogP contribution in [-0.4, -0.2) is 71.6 Å². The van der Waals surface area contributed by atoms with Gasteiger partial charge in [0, 0.05) is 35.4 Å². The molecule has 5 rings (SSSR count). The first-order valence-electron chi connectivity index (χ1n) is 18.7. The van der Waals surface area contributed by atoms with Crippen LogP contribution in [0.1, 0.15) is 79.1 Å². The number of rotatable bonds is 17. The average Bonchev–Trinajstić information content (AvgIpc) is 3.78. The number of pyridine rings is 1. The van der Waals surface area contributed by atoms with Gasteiger partial charge >= 0.3 is 11.9 Å². The van der Waals surface area contributed by atoms with E-state index in [0.717, 1.165) is 36.6 Å². The molecule has 1 saturated heterocycles. The lowest BCUT2D eigenvalue weighted by molar-refractivity contribution is -0.159. The monoisotopic (exact) mass is 727 g/mol. The molecule has 0 radical (unpaired) electrons. The zero-order valence-corrected chi connectivity index (χ0v) is 31.5. The highest BCUT2D eigenvalue weighted by Gasteiger charge is 2.43. The van der Waals surface area contributed by atoms with Gasteiger partial charge in [-0.05, 0) is 71.4 Å². The van der Waals surface area contributed by atoms with E-state index in [4.69, 9.17) is 29.7 Å². The van der Waals surface area contributed by atoms with Crippen LogP contribution in [0.25, 0.3) is 22.2 Å². The van der Waals surface area contributed by atoms with Crippen LogP contribution in [0.4, 0.5) is 0 Å². The van der Waals surface area contributed by atoms with Crippen molar-refractivity contribution in [2.24, 2.45) is 23.5 Å². The summed E-state index contributed by atoms with van der Waals surface area (Å²) in [7, 11) is 1.60. The highest BCUT2D eigenvalue weighted by atomic mass is 16.6. The zero-order valence-electron chi connectivity index (χ0n) is 31.5. The summed E-state index contributed by atoms with van der Waals surface area (Å²) in [6.45, 7) is 7.72. The molecule has 11 nitrogen and oxygen atoms in total. The summed E-state index contributed by atoms with van der Waals surface area (Å²) in [5, 5.41) is 0.763. The third-order valence-corrected chi connectivity index (χ3v) is 9.63. The van der Waals surface area contributed by atoms with Gasteiger partial charge in [0.2, 0.25) is 11.8 Å². The topological polar surface area (TPSA) is 147 Å². The molecule has 0 bridgehead atoms. The van der Waals surface area contributed by atoms with Gasteiger partial charge in [-0.15, -0.1) is 0 Å². The van der Waals surface area contributed by atoms with Gasteiger partial charge in [-0.25, -0.2) is 4.98 Å². The Hall–Kier alpha value is -4.93. The molecule has 1 aliphatic heterocycles. The maximum absolute atomic E-state index is 14.2. The number of hydrogen-bond donors (Lipinski definition) is 1. The number of aromatic nitrogens is 1. The molecule has 11 heteroatoms. The van der Waals surface area contributed by atoms with Crippen LogP contribution in [0.15, 0.2) is 66.7 Å². The van der Waals surface area contributed by atoms with E-state index in [9.17, 15) is 19.2 Å². The van der Waals surface area contributed by atoms with Crippen LogP contribution in [0.3, 0.4) is 0 Å². The molecule has 1 aliphatic carbocycles. The number of fused-ring (bicyclic) bond motifs is 1. The van der Waals surface area contributed by atoms with E-state index in [0.29, 0.717) is 42.2 Å². The molecule has 0 spiro atoms. The average molecular weight is 728 g/mol. The Kier molecular flexibility index (Phi) is 13.1. The van der Waals surface area contributed by atoms with E-state index in [-0.39, 0.29) is 43.1 Å². The van der Waals surface area contributed by atoms with Gasteiger partial charge < -0.3 is 29.6 Å². The third-order valence-electron chi connectivity index (χ3n) is 9.63. The predicted molar refractivity (Wildman–Crippen MR) is 202 cm³/mol. The van der Waals surface area contributed by atoms with Crippen molar-refractivity contribution in [3.8, 4) is 22.8 Å². The summed E-state index contributed by atoms with van der Waals surface area (Å²) in [6.07, 6.45) is 8.41. The second-order valence-electron chi connectivity index (χ2n) is 15.0. The second kappa shape index (κ2) is 17.7. The smallest absolute Gasteiger partial charge is 0.309 e. The molecule has 2 N–H and O–H groups in total. The Bertz CT molecular complexity index is 1790. The summed E-state index contributed by atoms with van der Waals surface area (Å²) < 4.78 is 22.8. The number of amides is 2. The minimum absolute atomic E-state index is 0.0226. The van der Waals surface area contributed by atoms with Crippen molar-refractivity contribution < 1.29 is 38.1 Å². The molecule has 2 aromatic carbocycles. The first-order chi connectivity index (χ1) is 25.4. The fraction of sp³-hybridized carbons (Fsp3) is 0.500. The van der Waals surface area contributed by atoms with Gasteiger partial charge in [-0.3, -0.25) is 19.2 Å². The molecule has 2 heterocycles. The maximum atomic E-state index is 14.2. The normalized spacial score (nSPS) is 20.3. The fourth-order valence-corrected chi connectivity index (χ4v) is 6.91. The van der Waals surface area contributed by atoms with Crippen molar-refractivity contribution >= 4 is 34.7 Å². The number of benzene rings is 2. The highest BCUT2D eigenvalue weighted by molar-refractivity contribution is 5.91. The van der Waals surface area contributed by atoms with Crippen molar-refractivity contribution in [1.29, 1.82) is 0 Å². The standard InChI is InChI=1S/C42H53N3O8/c1-6-51-41(49)33-21-28(33)17-11-8-7-9-12-18-29(22-38(46)53-42(2,3)4)40(48)45-26-31(24-36(45)39(43)47)52-37-25-34(27-15-13-10-14-16-27)44-35-23-30(50-5)19-20-32(35)37/h10-11,13-17,19-20,23,25,28-29,31,33,36H,6-9,12,18,21-22,24,26H2,1-5H3,(H2,43,47). The van der Waals surface area contributed by atoms with Gasteiger partial charge in [0.05, 0.1) is 43.8 Å². The fourth-order valence-electron chi connectivity index (χ4n) is 6.91. The summed E-state index contributed by atoms with van der Waals surface area (Å²) in [6, 6.07) is 16.3. The first-order valence-corrected chi connectivity index (χ1v) is 18.7. The molecule has 3 aromatic rings. The molecule has 1 aromatic heterocycles. The number of carbonyl (C=O) groups excluding carboxylic acids is 4. The largest absolute Gasteiger partial charge is 0.497 e. The number of primary amides is 1. The number of esters is 2. The lowest BCUT2D eigenvalue weighted by Gasteiger charge is -2.28. The summed E-state index contributed by atoms with van der Waals surface area (Å²) >= 11 is 0. The number of unbranched alkanes of at least 4 members (excludes halogenated alkanes) is 3. The number of nitrogens with two attached hydrogens (primary N) is 1.